The molecule has 0 amide bonds. The molecule has 33 heavy (non-hydrogen) atoms. The lowest BCUT2D eigenvalue weighted by Crippen LogP contribution is -2.13. The van der Waals surface area contributed by atoms with Gasteiger partial charge in [0, 0.05) is 11.6 Å². The van der Waals surface area contributed by atoms with Crippen LogP contribution in [-0.2, 0) is 16.1 Å². The lowest BCUT2D eigenvalue weighted by Gasteiger charge is -2.14. The number of aldehydes is 1. The van der Waals surface area contributed by atoms with E-state index in [2.05, 4.69) is 4.98 Å². The molecule has 0 spiro atoms. The average molecular weight is 447 g/mol. The molecule has 0 bridgehead atoms. The number of ether oxygens (including phenoxy) is 3. The first-order valence-electron chi connectivity index (χ1n) is 10.5. The normalized spacial score (nSPS) is 10.5. The van der Waals surface area contributed by atoms with Crippen LogP contribution in [0.15, 0.2) is 60.7 Å². The molecule has 3 rings (SSSR count). The molecule has 0 fully saturated rings. The first kappa shape index (κ1) is 23.7. The monoisotopic (exact) mass is 447 g/mol. The van der Waals surface area contributed by atoms with Crippen molar-refractivity contribution in [3.63, 3.8) is 0 Å². The highest BCUT2D eigenvalue weighted by molar-refractivity contribution is 6.02. The predicted molar refractivity (Wildman–Crippen MR) is 122 cm³/mol. The van der Waals surface area contributed by atoms with Crippen molar-refractivity contribution in [1.29, 1.82) is 0 Å². The molecule has 0 saturated heterocycles. The smallest absolute Gasteiger partial charge is 0.338 e. The summed E-state index contributed by atoms with van der Waals surface area (Å²) in [7, 11) is 1.45. The standard InChI is InChI=1S/C26H25NO6/c1-17(2)15-32-26(30)22-13-19(25(29)33-16-18-7-5-4-6-8-18)9-10-20(22)21-11-12-24(31-3)27-23(21)14-28/h4-14,17H,15-16H2,1-3H3. The summed E-state index contributed by atoms with van der Waals surface area (Å²) in [6.45, 7) is 4.15. The third kappa shape index (κ3) is 6.04. The van der Waals surface area contributed by atoms with Crippen LogP contribution >= 0.6 is 0 Å². The van der Waals surface area contributed by atoms with Crippen molar-refractivity contribution in [2.45, 2.75) is 20.5 Å². The van der Waals surface area contributed by atoms with Crippen molar-refractivity contribution in [2.75, 3.05) is 13.7 Å². The van der Waals surface area contributed by atoms with E-state index in [4.69, 9.17) is 14.2 Å². The van der Waals surface area contributed by atoms with Gasteiger partial charge >= 0.3 is 11.9 Å². The zero-order valence-electron chi connectivity index (χ0n) is 18.7. The van der Waals surface area contributed by atoms with Crippen LogP contribution in [0.4, 0.5) is 0 Å². The first-order chi connectivity index (χ1) is 15.9. The molecule has 3 aromatic rings. The number of pyridine rings is 1. The van der Waals surface area contributed by atoms with Gasteiger partial charge in [-0.2, -0.15) is 0 Å². The van der Waals surface area contributed by atoms with Gasteiger partial charge in [-0.1, -0.05) is 50.2 Å². The van der Waals surface area contributed by atoms with E-state index in [0.717, 1.165) is 5.56 Å². The molecule has 7 heteroatoms. The predicted octanol–water partition coefficient (Wildman–Crippen LogP) is 4.74. The lowest BCUT2D eigenvalue weighted by atomic mass is 9.96. The Bertz CT molecular complexity index is 1140. The van der Waals surface area contributed by atoms with Crippen LogP contribution in [0.3, 0.4) is 0 Å². The van der Waals surface area contributed by atoms with Gasteiger partial charge in [-0.3, -0.25) is 4.79 Å². The maximum absolute atomic E-state index is 12.9. The SMILES string of the molecule is COc1ccc(-c2ccc(C(=O)OCc3ccccc3)cc2C(=O)OCC(C)C)c(C=O)n1. The average Bonchev–Trinajstić information content (AvgIpc) is 2.85. The van der Waals surface area contributed by atoms with E-state index in [1.165, 1.54) is 13.2 Å². The summed E-state index contributed by atoms with van der Waals surface area (Å²) in [4.78, 5) is 41.4. The van der Waals surface area contributed by atoms with Crippen molar-refractivity contribution < 1.29 is 28.6 Å². The Morgan fingerprint density at radius 3 is 2.33 bits per heavy atom. The number of methoxy groups -OCH3 is 1. The Balaban J connectivity index is 1.97. The first-order valence-corrected chi connectivity index (χ1v) is 10.5. The molecule has 0 aliphatic rings. The largest absolute Gasteiger partial charge is 0.481 e. The van der Waals surface area contributed by atoms with E-state index < -0.39 is 11.9 Å². The van der Waals surface area contributed by atoms with Crippen LogP contribution in [0.2, 0.25) is 0 Å². The van der Waals surface area contributed by atoms with Crippen LogP contribution in [0.5, 0.6) is 5.88 Å². The van der Waals surface area contributed by atoms with E-state index in [1.54, 1.807) is 24.3 Å². The number of carbonyl (C=O) groups is 3. The maximum atomic E-state index is 12.9. The Hall–Kier alpha value is -4.00. The zero-order chi connectivity index (χ0) is 23.8. The fourth-order valence-electron chi connectivity index (χ4n) is 3.09. The summed E-state index contributed by atoms with van der Waals surface area (Å²) in [6.07, 6.45) is 0.586. The molecule has 1 heterocycles. The van der Waals surface area contributed by atoms with Gasteiger partial charge in [-0.25, -0.2) is 14.6 Å². The number of hydrogen-bond donors (Lipinski definition) is 0. The lowest BCUT2D eigenvalue weighted by molar-refractivity contribution is 0.0459. The zero-order valence-corrected chi connectivity index (χ0v) is 18.7. The number of benzene rings is 2. The molecule has 0 aliphatic carbocycles. The van der Waals surface area contributed by atoms with E-state index in [1.807, 2.05) is 44.2 Å². The minimum absolute atomic E-state index is 0.103. The van der Waals surface area contributed by atoms with Crippen LogP contribution in [0.1, 0.15) is 50.6 Å². The van der Waals surface area contributed by atoms with Crippen LogP contribution in [-0.4, -0.2) is 36.9 Å². The Kier molecular flexibility index (Phi) is 7.91. The third-order valence-corrected chi connectivity index (χ3v) is 4.75. The van der Waals surface area contributed by atoms with E-state index in [0.29, 0.717) is 17.4 Å². The molecular formula is C26H25NO6. The van der Waals surface area contributed by atoms with E-state index in [9.17, 15) is 14.4 Å². The number of hydrogen-bond acceptors (Lipinski definition) is 7. The van der Waals surface area contributed by atoms with Crippen molar-refractivity contribution >= 4 is 18.2 Å². The maximum Gasteiger partial charge on any atom is 0.338 e. The third-order valence-electron chi connectivity index (χ3n) is 4.75. The molecule has 0 saturated carbocycles. The number of rotatable bonds is 9. The van der Waals surface area contributed by atoms with Gasteiger partial charge in [-0.05, 0) is 35.2 Å². The molecule has 0 aliphatic heterocycles. The molecule has 1 aromatic heterocycles. The van der Waals surface area contributed by atoms with Gasteiger partial charge in [0.15, 0.2) is 6.29 Å². The van der Waals surface area contributed by atoms with Crippen LogP contribution in [0.25, 0.3) is 11.1 Å². The van der Waals surface area contributed by atoms with Crippen molar-refractivity contribution in [3.8, 4) is 17.0 Å². The topological polar surface area (TPSA) is 91.8 Å². The van der Waals surface area contributed by atoms with E-state index in [-0.39, 0.29) is 41.8 Å². The molecule has 7 nitrogen and oxygen atoms in total. The summed E-state index contributed by atoms with van der Waals surface area (Å²) < 4.78 is 15.9. The highest BCUT2D eigenvalue weighted by atomic mass is 16.5. The Labute approximate surface area is 192 Å². The van der Waals surface area contributed by atoms with Crippen molar-refractivity contribution in [1.82, 2.24) is 4.98 Å². The second-order valence-electron chi connectivity index (χ2n) is 7.72. The molecule has 0 atom stereocenters. The van der Waals surface area contributed by atoms with Gasteiger partial charge in [0.2, 0.25) is 5.88 Å². The summed E-state index contributed by atoms with van der Waals surface area (Å²) in [6, 6.07) is 17.1. The van der Waals surface area contributed by atoms with Gasteiger partial charge in [0.1, 0.15) is 12.3 Å². The van der Waals surface area contributed by atoms with Gasteiger partial charge in [0.05, 0.1) is 24.8 Å². The van der Waals surface area contributed by atoms with Crippen molar-refractivity contribution in [3.05, 3.63) is 83.0 Å². The number of carbonyl (C=O) groups excluding carboxylic acids is 3. The van der Waals surface area contributed by atoms with Crippen molar-refractivity contribution in [2.24, 2.45) is 5.92 Å². The highest BCUT2D eigenvalue weighted by Gasteiger charge is 2.21. The quantitative estimate of drug-likeness (QED) is 0.346. The molecule has 0 radical (unpaired) electrons. The Morgan fingerprint density at radius 2 is 1.67 bits per heavy atom. The summed E-state index contributed by atoms with van der Waals surface area (Å²) >= 11 is 0. The van der Waals surface area contributed by atoms with Crippen LogP contribution in [0, 0.1) is 5.92 Å². The summed E-state index contributed by atoms with van der Waals surface area (Å²) in [5.41, 5.74) is 2.12. The minimum Gasteiger partial charge on any atom is -0.481 e. The van der Waals surface area contributed by atoms with E-state index >= 15 is 0 Å². The number of esters is 2. The minimum atomic E-state index is -0.607. The van der Waals surface area contributed by atoms with Crippen LogP contribution < -0.4 is 4.74 Å². The highest BCUT2D eigenvalue weighted by Crippen LogP contribution is 2.29. The second-order valence-corrected chi connectivity index (χ2v) is 7.72. The van der Waals surface area contributed by atoms with Gasteiger partial charge < -0.3 is 14.2 Å². The number of aromatic nitrogens is 1. The number of nitrogens with zero attached hydrogens (tertiary/aromatic N) is 1. The fraction of sp³-hybridized carbons (Fsp3) is 0.231. The second kappa shape index (κ2) is 11.0. The molecule has 0 N–H and O–H groups in total. The fourth-order valence-corrected chi connectivity index (χ4v) is 3.09. The summed E-state index contributed by atoms with van der Waals surface area (Å²) in [5.74, 6) is -0.786. The summed E-state index contributed by atoms with van der Waals surface area (Å²) in [5, 5.41) is 0. The molecular weight excluding hydrogens is 422 g/mol. The molecule has 170 valence electrons. The van der Waals surface area contributed by atoms with Gasteiger partial charge in [0.25, 0.3) is 0 Å². The van der Waals surface area contributed by atoms with Gasteiger partial charge in [-0.15, -0.1) is 0 Å². The molecule has 2 aromatic carbocycles. The molecule has 0 unspecified atom stereocenters. The Morgan fingerprint density at radius 1 is 0.939 bits per heavy atom.